The summed E-state index contributed by atoms with van der Waals surface area (Å²) in [6.07, 6.45) is 3.95. The van der Waals surface area contributed by atoms with E-state index >= 15 is 0 Å². The van der Waals surface area contributed by atoms with Gasteiger partial charge in [0.1, 0.15) is 17.9 Å². The van der Waals surface area contributed by atoms with Crippen LogP contribution in [0.3, 0.4) is 0 Å². The van der Waals surface area contributed by atoms with Gasteiger partial charge in [-0.15, -0.1) is 0 Å². The van der Waals surface area contributed by atoms with Crippen molar-refractivity contribution in [3.8, 4) is 0 Å². The number of hydrogen-bond acceptors (Lipinski definition) is 5. The maximum absolute atomic E-state index is 13.2. The quantitative estimate of drug-likeness (QED) is 0.429. The van der Waals surface area contributed by atoms with Crippen LogP contribution in [0.4, 0.5) is 4.39 Å². The van der Waals surface area contributed by atoms with Crippen LogP contribution in [0.2, 0.25) is 0 Å². The van der Waals surface area contributed by atoms with Crippen molar-refractivity contribution >= 4 is 11.5 Å². The predicted molar refractivity (Wildman–Crippen MR) is 79.2 cm³/mol. The van der Waals surface area contributed by atoms with Gasteiger partial charge in [-0.25, -0.2) is 9.37 Å². The number of nitrogens with zero attached hydrogens (tertiary/aromatic N) is 2. The Hall–Kier alpha value is -3.22. The van der Waals surface area contributed by atoms with E-state index in [-0.39, 0.29) is 29.4 Å². The molecular weight excluding hydrogens is 301 g/mol. The molecule has 0 saturated heterocycles. The Morgan fingerprint density at radius 2 is 2.26 bits per heavy atom. The molecule has 0 amide bonds. The Morgan fingerprint density at radius 3 is 3.00 bits per heavy atom. The molecule has 2 heterocycles. The highest BCUT2D eigenvalue weighted by molar-refractivity contribution is 6.08. The molecule has 0 atom stereocenters. The predicted octanol–water partition coefficient (Wildman–Crippen LogP) is 2.91. The van der Waals surface area contributed by atoms with Crippen molar-refractivity contribution in [2.45, 2.75) is 6.42 Å². The van der Waals surface area contributed by atoms with E-state index in [4.69, 9.17) is 4.42 Å². The van der Waals surface area contributed by atoms with Crippen LogP contribution in [-0.4, -0.2) is 26.1 Å². The Labute approximate surface area is 130 Å². The number of aliphatic hydroxyl groups is 1. The molecular formula is C16H12FN3O3. The molecule has 2 N–H and O–H groups in total. The number of allylic oxidation sites excluding steroid dienone is 1. The highest BCUT2D eigenvalue weighted by atomic mass is 19.1. The van der Waals surface area contributed by atoms with E-state index in [9.17, 15) is 14.3 Å². The van der Waals surface area contributed by atoms with Crippen molar-refractivity contribution < 1.29 is 18.7 Å². The molecule has 3 aromatic rings. The molecule has 1 aromatic carbocycles. The lowest BCUT2D eigenvalue weighted by atomic mass is 10.0. The number of rotatable bonds is 5. The lowest BCUT2D eigenvalue weighted by molar-refractivity contribution is 0.104. The van der Waals surface area contributed by atoms with Crippen LogP contribution in [0.5, 0.6) is 0 Å². The van der Waals surface area contributed by atoms with Gasteiger partial charge in [-0.05, 0) is 23.8 Å². The van der Waals surface area contributed by atoms with Crippen molar-refractivity contribution in [3.05, 3.63) is 77.5 Å². The van der Waals surface area contributed by atoms with Crippen LogP contribution in [0.25, 0.3) is 5.76 Å². The Kier molecular flexibility index (Phi) is 4.01. The molecule has 116 valence electrons. The van der Waals surface area contributed by atoms with Gasteiger partial charge in [-0.1, -0.05) is 12.1 Å². The van der Waals surface area contributed by atoms with Gasteiger partial charge in [0, 0.05) is 12.5 Å². The van der Waals surface area contributed by atoms with Crippen molar-refractivity contribution in [3.63, 3.8) is 0 Å². The maximum Gasteiger partial charge on any atom is 0.215 e. The molecule has 0 fully saturated rings. The number of nitrogens with one attached hydrogen (secondary N) is 1. The average molecular weight is 313 g/mol. The van der Waals surface area contributed by atoms with Crippen molar-refractivity contribution in [1.82, 2.24) is 15.2 Å². The molecule has 0 aliphatic carbocycles. The number of H-pyrrole nitrogens is 1. The second-order valence-corrected chi connectivity index (χ2v) is 4.78. The van der Waals surface area contributed by atoms with Crippen molar-refractivity contribution in [1.29, 1.82) is 0 Å². The summed E-state index contributed by atoms with van der Waals surface area (Å²) in [5, 5.41) is 15.9. The highest BCUT2D eigenvalue weighted by Gasteiger charge is 2.15. The van der Waals surface area contributed by atoms with Crippen molar-refractivity contribution in [2.24, 2.45) is 0 Å². The van der Waals surface area contributed by atoms with Crippen LogP contribution in [-0.2, 0) is 6.42 Å². The van der Waals surface area contributed by atoms with Gasteiger partial charge >= 0.3 is 0 Å². The van der Waals surface area contributed by atoms with Gasteiger partial charge in [-0.3, -0.25) is 9.89 Å². The first kappa shape index (κ1) is 14.7. The summed E-state index contributed by atoms with van der Waals surface area (Å²) in [6, 6.07) is 7.54. The van der Waals surface area contributed by atoms with Gasteiger partial charge in [0.2, 0.25) is 5.82 Å². The van der Waals surface area contributed by atoms with Crippen LogP contribution in [0, 0.1) is 5.82 Å². The molecule has 0 aliphatic rings. The minimum Gasteiger partial charge on any atom is -0.504 e. The fraction of sp³-hybridized carbons (Fsp3) is 0.0625. The van der Waals surface area contributed by atoms with E-state index in [0.717, 1.165) is 6.08 Å². The smallest absolute Gasteiger partial charge is 0.215 e. The number of halogens is 1. The Morgan fingerprint density at radius 1 is 1.39 bits per heavy atom. The number of hydrogen-bond donors (Lipinski definition) is 2. The van der Waals surface area contributed by atoms with E-state index in [1.165, 1.54) is 30.8 Å². The lowest BCUT2D eigenvalue weighted by Gasteiger charge is -2.01. The zero-order chi connectivity index (χ0) is 16.2. The number of aromatic amines is 1. The van der Waals surface area contributed by atoms with Gasteiger partial charge in [-0.2, -0.15) is 5.10 Å². The van der Waals surface area contributed by atoms with Crippen molar-refractivity contribution in [2.75, 3.05) is 0 Å². The number of aromatic nitrogens is 3. The number of carbonyl (C=O) groups is 1. The SMILES string of the molecule is O=C(C=C(O)c1nc[nH]n1)c1ccoc1Cc1cccc(F)c1. The molecule has 3 rings (SSSR count). The fourth-order valence-corrected chi connectivity index (χ4v) is 2.13. The first-order valence-electron chi connectivity index (χ1n) is 6.75. The molecule has 0 radical (unpaired) electrons. The van der Waals surface area contributed by atoms with E-state index in [2.05, 4.69) is 15.2 Å². The van der Waals surface area contributed by atoms with E-state index in [0.29, 0.717) is 11.3 Å². The third kappa shape index (κ3) is 3.34. The highest BCUT2D eigenvalue weighted by Crippen LogP contribution is 2.18. The number of carbonyl (C=O) groups excluding carboxylic acids is 1. The molecule has 0 saturated carbocycles. The molecule has 0 unspecified atom stereocenters. The minimum absolute atomic E-state index is 0.0218. The van der Waals surface area contributed by atoms with E-state index in [1.54, 1.807) is 12.1 Å². The van der Waals surface area contributed by atoms with Gasteiger partial charge in [0.05, 0.1) is 11.8 Å². The van der Waals surface area contributed by atoms with Crippen LogP contribution < -0.4 is 0 Å². The number of aliphatic hydroxyl groups excluding tert-OH is 1. The summed E-state index contributed by atoms with van der Waals surface area (Å²) in [5.41, 5.74) is 0.965. The largest absolute Gasteiger partial charge is 0.504 e. The molecule has 0 spiro atoms. The summed E-state index contributed by atoms with van der Waals surface area (Å²) in [6.45, 7) is 0. The average Bonchev–Trinajstić information content (AvgIpc) is 3.18. The van der Waals surface area contributed by atoms with E-state index < -0.39 is 5.78 Å². The molecule has 7 heteroatoms. The van der Waals surface area contributed by atoms with Gasteiger partial charge < -0.3 is 9.52 Å². The molecule has 0 aliphatic heterocycles. The topological polar surface area (TPSA) is 92.0 Å². The van der Waals surface area contributed by atoms with Crippen LogP contribution >= 0.6 is 0 Å². The number of furan rings is 1. The first-order valence-corrected chi connectivity index (χ1v) is 6.75. The second kappa shape index (κ2) is 6.27. The fourth-order valence-electron chi connectivity index (χ4n) is 2.13. The van der Waals surface area contributed by atoms with Gasteiger partial charge in [0.25, 0.3) is 0 Å². The minimum atomic E-state index is -0.451. The molecule has 23 heavy (non-hydrogen) atoms. The van der Waals surface area contributed by atoms with Crippen LogP contribution in [0.1, 0.15) is 27.5 Å². The second-order valence-electron chi connectivity index (χ2n) is 4.78. The molecule has 0 bridgehead atoms. The molecule has 2 aromatic heterocycles. The third-order valence-electron chi connectivity index (χ3n) is 3.18. The third-order valence-corrected chi connectivity index (χ3v) is 3.18. The first-order chi connectivity index (χ1) is 11.1. The maximum atomic E-state index is 13.2. The number of ketones is 1. The summed E-state index contributed by atoms with van der Waals surface area (Å²) in [5.74, 6) is -0.751. The Balaban J connectivity index is 1.83. The summed E-state index contributed by atoms with van der Waals surface area (Å²) >= 11 is 0. The monoisotopic (exact) mass is 313 g/mol. The van der Waals surface area contributed by atoms with Gasteiger partial charge in [0.15, 0.2) is 11.5 Å². The summed E-state index contributed by atoms with van der Waals surface area (Å²) < 4.78 is 18.5. The summed E-state index contributed by atoms with van der Waals surface area (Å²) in [4.78, 5) is 16.0. The standard InChI is InChI=1S/C16H12FN3O3/c17-11-3-1-2-10(6-11)7-15-12(4-5-23-15)13(21)8-14(22)16-18-9-19-20-16/h1-6,8-9,22H,7H2,(H,18,19,20). The zero-order valence-electron chi connectivity index (χ0n) is 11.9. The summed E-state index contributed by atoms with van der Waals surface area (Å²) in [7, 11) is 0. The lowest BCUT2D eigenvalue weighted by Crippen LogP contribution is -2.00. The zero-order valence-corrected chi connectivity index (χ0v) is 11.9. The molecule has 6 nitrogen and oxygen atoms in total. The van der Waals surface area contributed by atoms with E-state index in [1.807, 2.05) is 0 Å². The van der Waals surface area contributed by atoms with Crippen LogP contribution in [0.15, 0.2) is 53.4 Å². The Bertz CT molecular complexity index is 853. The normalized spacial score (nSPS) is 11.6. The number of benzene rings is 1.